The number of para-hydroxylation sites is 1. The van der Waals surface area contributed by atoms with E-state index in [0.717, 1.165) is 0 Å². The summed E-state index contributed by atoms with van der Waals surface area (Å²) >= 11 is 0. The Bertz CT molecular complexity index is 1330. The lowest BCUT2D eigenvalue weighted by Crippen LogP contribution is -2.17. The van der Waals surface area contributed by atoms with Gasteiger partial charge in [-0.1, -0.05) is 12.1 Å². The molecule has 0 fully saturated rings. The highest BCUT2D eigenvalue weighted by molar-refractivity contribution is 6.12. The molecule has 166 valence electrons. The van der Waals surface area contributed by atoms with Crippen LogP contribution in [0, 0.1) is 10.1 Å². The van der Waals surface area contributed by atoms with E-state index in [9.17, 15) is 19.7 Å². The van der Waals surface area contributed by atoms with Gasteiger partial charge in [-0.05, 0) is 48.5 Å². The van der Waals surface area contributed by atoms with Gasteiger partial charge >= 0.3 is 0 Å². The normalized spacial score (nSPS) is 10.6. The number of carbonyl (C=O) groups excluding carboxylic acids is 2. The predicted octanol–water partition coefficient (Wildman–Crippen LogP) is 4.90. The van der Waals surface area contributed by atoms with E-state index in [1.807, 2.05) is 0 Å². The van der Waals surface area contributed by atoms with Crippen LogP contribution in [0.4, 0.5) is 17.1 Å². The first kappa shape index (κ1) is 21.6. The van der Waals surface area contributed by atoms with Gasteiger partial charge in [0.2, 0.25) is 5.76 Å². The standard InChI is InChI=1S/C24H19N3O6/c1-32-18-12-8-16(9-13-18)26-24(29)23-22(19-4-2-3-5-21(19)33-23)25-14-20(28)15-6-10-17(11-7-15)27(30)31/h2-13,25H,14H2,1H3,(H,26,29). The summed E-state index contributed by atoms with van der Waals surface area (Å²) in [5.74, 6) is -0.0919. The number of amides is 1. The van der Waals surface area contributed by atoms with Crippen LogP contribution in [-0.2, 0) is 0 Å². The number of hydrogen-bond donors (Lipinski definition) is 2. The van der Waals surface area contributed by atoms with E-state index in [1.54, 1.807) is 55.6 Å². The SMILES string of the molecule is COc1ccc(NC(=O)c2oc3ccccc3c2NCC(=O)c2ccc([N+](=O)[O-])cc2)cc1. The predicted molar refractivity (Wildman–Crippen MR) is 123 cm³/mol. The average molecular weight is 445 g/mol. The number of hydrogen-bond acceptors (Lipinski definition) is 7. The molecule has 9 nitrogen and oxygen atoms in total. The molecule has 9 heteroatoms. The van der Waals surface area contributed by atoms with E-state index < -0.39 is 10.8 Å². The Hall–Kier alpha value is -4.66. The number of fused-ring (bicyclic) bond motifs is 1. The van der Waals surface area contributed by atoms with Crippen molar-refractivity contribution in [2.24, 2.45) is 0 Å². The molecule has 0 bridgehead atoms. The number of rotatable bonds is 8. The maximum atomic E-state index is 13.0. The maximum absolute atomic E-state index is 13.0. The summed E-state index contributed by atoms with van der Waals surface area (Å²) in [6.07, 6.45) is 0. The summed E-state index contributed by atoms with van der Waals surface area (Å²) in [6.45, 7) is -0.135. The van der Waals surface area contributed by atoms with Crippen LogP contribution in [0.2, 0.25) is 0 Å². The Balaban J connectivity index is 1.56. The number of carbonyl (C=O) groups is 2. The highest BCUT2D eigenvalue weighted by Gasteiger charge is 2.21. The van der Waals surface area contributed by atoms with E-state index in [1.165, 1.54) is 24.3 Å². The number of furan rings is 1. The van der Waals surface area contributed by atoms with E-state index in [2.05, 4.69) is 10.6 Å². The van der Waals surface area contributed by atoms with Crippen LogP contribution >= 0.6 is 0 Å². The number of nitro groups is 1. The Labute approximate surface area is 188 Å². The van der Waals surface area contributed by atoms with Crippen LogP contribution < -0.4 is 15.4 Å². The molecular weight excluding hydrogens is 426 g/mol. The van der Waals surface area contributed by atoms with Crippen molar-refractivity contribution in [2.75, 3.05) is 24.3 Å². The molecule has 0 atom stereocenters. The minimum atomic E-state index is -0.530. The minimum absolute atomic E-state index is 0.0310. The van der Waals surface area contributed by atoms with Crippen molar-refractivity contribution in [1.82, 2.24) is 0 Å². The van der Waals surface area contributed by atoms with Gasteiger partial charge < -0.3 is 19.8 Å². The lowest BCUT2D eigenvalue weighted by molar-refractivity contribution is -0.384. The van der Waals surface area contributed by atoms with Gasteiger partial charge in [0.05, 0.1) is 24.3 Å². The second-order valence-corrected chi connectivity index (χ2v) is 7.07. The van der Waals surface area contributed by atoms with Gasteiger partial charge in [-0.2, -0.15) is 0 Å². The van der Waals surface area contributed by atoms with Crippen molar-refractivity contribution in [3.8, 4) is 5.75 Å². The lowest BCUT2D eigenvalue weighted by Gasteiger charge is -2.08. The van der Waals surface area contributed by atoms with Gasteiger partial charge in [0, 0.05) is 28.8 Å². The molecule has 4 aromatic rings. The van der Waals surface area contributed by atoms with Crippen molar-refractivity contribution < 1.29 is 23.7 Å². The molecule has 0 spiro atoms. The fraction of sp³-hybridized carbons (Fsp3) is 0.0833. The van der Waals surface area contributed by atoms with E-state index in [4.69, 9.17) is 9.15 Å². The van der Waals surface area contributed by atoms with Gasteiger partial charge in [0.1, 0.15) is 11.3 Å². The minimum Gasteiger partial charge on any atom is -0.497 e. The Kier molecular flexibility index (Phi) is 6.03. The second-order valence-electron chi connectivity index (χ2n) is 7.07. The molecular formula is C24H19N3O6. The first-order valence-corrected chi connectivity index (χ1v) is 9.94. The van der Waals surface area contributed by atoms with Gasteiger partial charge in [-0.25, -0.2) is 0 Å². The Morgan fingerprint density at radius 1 is 1.00 bits per heavy atom. The number of benzene rings is 3. The molecule has 1 amide bonds. The molecule has 0 saturated carbocycles. The number of ketones is 1. The highest BCUT2D eigenvalue weighted by atomic mass is 16.6. The number of anilines is 2. The first-order chi connectivity index (χ1) is 16.0. The number of methoxy groups -OCH3 is 1. The third-order valence-electron chi connectivity index (χ3n) is 4.98. The second kappa shape index (κ2) is 9.23. The van der Waals surface area contributed by atoms with Crippen molar-refractivity contribution >= 4 is 39.7 Å². The van der Waals surface area contributed by atoms with Crippen LogP contribution in [0.5, 0.6) is 5.75 Å². The van der Waals surface area contributed by atoms with E-state index >= 15 is 0 Å². The van der Waals surface area contributed by atoms with Crippen LogP contribution in [-0.4, -0.2) is 30.3 Å². The van der Waals surface area contributed by atoms with Crippen LogP contribution in [0.25, 0.3) is 11.0 Å². The zero-order valence-corrected chi connectivity index (χ0v) is 17.5. The topological polar surface area (TPSA) is 124 Å². The molecule has 0 aliphatic carbocycles. The number of non-ortho nitro benzene ring substituents is 1. The quantitative estimate of drug-likeness (QED) is 0.225. The van der Waals surface area contributed by atoms with Gasteiger partial charge in [-0.3, -0.25) is 19.7 Å². The molecule has 4 rings (SSSR count). The molecule has 3 aromatic carbocycles. The summed E-state index contributed by atoms with van der Waals surface area (Å²) < 4.78 is 10.9. The van der Waals surface area contributed by atoms with Crippen molar-refractivity contribution in [3.63, 3.8) is 0 Å². The zero-order chi connectivity index (χ0) is 23.4. The third kappa shape index (κ3) is 4.67. The van der Waals surface area contributed by atoms with Crippen LogP contribution in [0.1, 0.15) is 20.9 Å². The fourth-order valence-electron chi connectivity index (χ4n) is 3.28. The van der Waals surface area contributed by atoms with Crippen LogP contribution in [0.15, 0.2) is 77.2 Å². The Morgan fingerprint density at radius 3 is 2.36 bits per heavy atom. The summed E-state index contributed by atoms with van der Waals surface area (Å²) in [4.78, 5) is 35.8. The fourth-order valence-corrected chi connectivity index (χ4v) is 3.28. The number of nitrogens with zero attached hydrogens (tertiary/aromatic N) is 1. The smallest absolute Gasteiger partial charge is 0.293 e. The van der Waals surface area contributed by atoms with Crippen molar-refractivity contribution in [3.05, 3.63) is 94.2 Å². The molecule has 0 aliphatic rings. The van der Waals surface area contributed by atoms with Crippen LogP contribution in [0.3, 0.4) is 0 Å². The van der Waals surface area contributed by atoms with Crippen molar-refractivity contribution in [2.45, 2.75) is 0 Å². The van der Waals surface area contributed by atoms with Gasteiger partial charge in [0.25, 0.3) is 11.6 Å². The first-order valence-electron chi connectivity index (χ1n) is 9.94. The number of nitrogens with one attached hydrogen (secondary N) is 2. The molecule has 2 N–H and O–H groups in total. The molecule has 0 saturated heterocycles. The molecule has 1 heterocycles. The molecule has 0 unspecified atom stereocenters. The molecule has 0 radical (unpaired) electrons. The summed E-state index contributed by atoms with van der Waals surface area (Å²) in [5, 5.41) is 17.2. The molecule has 33 heavy (non-hydrogen) atoms. The molecule has 0 aliphatic heterocycles. The number of Topliss-reactive ketones (excluding diaryl/α,β-unsaturated/α-hetero) is 1. The third-order valence-corrected chi connectivity index (χ3v) is 4.98. The highest BCUT2D eigenvalue weighted by Crippen LogP contribution is 2.31. The summed E-state index contributed by atoms with van der Waals surface area (Å²) in [6, 6.07) is 19.3. The van der Waals surface area contributed by atoms with Gasteiger partial charge in [-0.15, -0.1) is 0 Å². The zero-order valence-electron chi connectivity index (χ0n) is 17.5. The summed E-state index contributed by atoms with van der Waals surface area (Å²) in [7, 11) is 1.55. The Morgan fingerprint density at radius 2 is 1.70 bits per heavy atom. The summed E-state index contributed by atoms with van der Waals surface area (Å²) in [5.41, 5.74) is 1.63. The molecule has 1 aromatic heterocycles. The largest absolute Gasteiger partial charge is 0.497 e. The van der Waals surface area contributed by atoms with E-state index in [0.29, 0.717) is 33.7 Å². The number of ether oxygens (including phenoxy) is 1. The average Bonchev–Trinajstić information content (AvgIpc) is 3.22. The number of nitro benzene ring substituents is 1. The van der Waals surface area contributed by atoms with Crippen molar-refractivity contribution in [1.29, 1.82) is 0 Å². The maximum Gasteiger partial charge on any atom is 0.293 e. The lowest BCUT2D eigenvalue weighted by atomic mass is 10.1. The van der Waals surface area contributed by atoms with E-state index in [-0.39, 0.29) is 23.8 Å². The van der Waals surface area contributed by atoms with Gasteiger partial charge in [0.15, 0.2) is 5.78 Å². The monoisotopic (exact) mass is 445 g/mol.